The lowest BCUT2D eigenvalue weighted by atomic mass is 10.2. The number of halogens is 1. The molecule has 3 heterocycles. The topological polar surface area (TPSA) is 64.0 Å². The summed E-state index contributed by atoms with van der Waals surface area (Å²) in [6.07, 6.45) is 1.62. The number of fused-ring (bicyclic) bond motifs is 1. The molecular formula is C21H16FN3O2S3. The Kier molecular flexibility index (Phi) is 6.12. The zero-order chi connectivity index (χ0) is 21.1. The molecule has 0 spiro atoms. The first-order valence-electron chi connectivity index (χ1n) is 8.92. The van der Waals surface area contributed by atoms with Gasteiger partial charge in [0.1, 0.15) is 10.6 Å². The number of anilines is 1. The molecule has 0 unspecified atom stereocenters. The highest BCUT2D eigenvalue weighted by Crippen LogP contribution is 2.34. The van der Waals surface area contributed by atoms with Crippen LogP contribution in [0.3, 0.4) is 0 Å². The first-order valence-corrected chi connectivity index (χ1v) is 11.7. The number of nitrogens with one attached hydrogen (secondary N) is 1. The first-order chi connectivity index (χ1) is 14.6. The average Bonchev–Trinajstić information content (AvgIpc) is 3.40. The van der Waals surface area contributed by atoms with Gasteiger partial charge in [-0.3, -0.25) is 14.2 Å². The summed E-state index contributed by atoms with van der Waals surface area (Å²) in [4.78, 5) is 31.8. The number of allylic oxidation sites excluding steroid dienone is 1. The standard InChI is InChI=1S/C21H16FN3O2S3/c1-2-9-25-20(27)18-13(16-8-5-10-28-16)11-29-19(18)24-21(25)30-12-17(26)23-15-7-4-3-6-14(15)22/h2-8,10-11H,1,9,12H2,(H,23,26). The molecule has 0 saturated carbocycles. The SMILES string of the molecule is C=CCn1c(SCC(=O)Nc2ccccc2F)nc2scc(-c3cccs3)c2c1=O. The van der Waals surface area contributed by atoms with Gasteiger partial charge in [-0.1, -0.05) is 36.0 Å². The fourth-order valence-corrected chi connectivity index (χ4v) is 5.51. The summed E-state index contributed by atoms with van der Waals surface area (Å²) in [6, 6.07) is 9.88. The maximum absolute atomic E-state index is 13.7. The predicted molar refractivity (Wildman–Crippen MR) is 123 cm³/mol. The summed E-state index contributed by atoms with van der Waals surface area (Å²) in [6.45, 7) is 4.00. The second-order valence-corrected chi connectivity index (χ2v) is 8.97. The number of carbonyl (C=O) groups is 1. The fourth-order valence-electron chi connectivity index (χ4n) is 2.90. The van der Waals surface area contributed by atoms with Gasteiger partial charge < -0.3 is 5.32 Å². The van der Waals surface area contributed by atoms with E-state index < -0.39 is 5.82 Å². The summed E-state index contributed by atoms with van der Waals surface area (Å²) in [7, 11) is 0. The molecule has 0 saturated heterocycles. The number of hydrogen-bond acceptors (Lipinski definition) is 6. The Morgan fingerprint density at radius 1 is 1.27 bits per heavy atom. The molecular weight excluding hydrogens is 441 g/mol. The highest BCUT2D eigenvalue weighted by Gasteiger charge is 2.18. The van der Waals surface area contributed by atoms with E-state index in [4.69, 9.17) is 0 Å². The molecule has 30 heavy (non-hydrogen) atoms. The minimum Gasteiger partial charge on any atom is -0.323 e. The fraction of sp³-hybridized carbons (Fsp3) is 0.0952. The van der Waals surface area contributed by atoms with Crippen molar-refractivity contribution in [3.63, 3.8) is 0 Å². The summed E-state index contributed by atoms with van der Waals surface area (Å²) in [5.74, 6) is -0.888. The van der Waals surface area contributed by atoms with E-state index in [1.54, 1.807) is 29.5 Å². The van der Waals surface area contributed by atoms with Crippen molar-refractivity contribution in [2.24, 2.45) is 0 Å². The lowest BCUT2D eigenvalue weighted by Crippen LogP contribution is -2.23. The van der Waals surface area contributed by atoms with E-state index >= 15 is 0 Å². The van der Waals surface area contributed by atoms with E-state index in [1.165, 1.54) is 28.0 Å². The Balaban J connectivity index is 1.63. The Hall–Kier alpha value is -2.75. The summed E-state index contributed by atoms with van der Waals surface area (Å²) in [5, 5.41) is 7.44. The van der Waals surface area contributed by atoms with Crippen molar-refractivity contribution < 1.29 is 9.18 Å². The van der Waals surface area contributed by atoms with E-state index in [-0.39, 0.29) is 29.5 Å². The normalized spacial score (nSPS) is 11.0. The van der Waals surface area contributed by atoms with E-state index in [0.717, 1.165) is 22.2 Å². The quantitative estimate of drug-likeness (QED) is 0.234. The predicted octanol–water partition coefficient (Wildman–Crippen LogP) is 5.24. The van der Waals surface area contributed by atoms with E-state index in [2.05, 4.69) is 16.9 Å². The Bertz CT molecular complexity index is 1280. The molecule has 0 aliphatic heterocycles. The highest BCUT2D eigenvalue weighted by molar-refractivity contribution is 7.99. The van der Waals surface area contributed by atoms with Crippen LogP contribution >= 0.6 is 34.4 Å². The van der Waals surface area contributed by atoms with Gasteiger partial charge >= 0.3 is 0 Å². The van der Waals surface area contributed by atoms with Crippen molar-refractivity contribution in [3.05, 3.63) is 76.0 Å². The van der Waals surface area contributed by atoms with Crippen LogP contribution in [-0.4, -0.2) is 21.2 Å². The molecule has 0 aliphatic carbocycles. The Labute approximate surface area is 183 Å². The van der Waals surface area contributed by atoms with Gasteiger partial charge in [0.15, 0.2) is 5.16 Å². The van der Waals surface area contributed by atoms with Crippen molar-refractivity contribution in [2.75, 3.05) is 11.1 Å². The molecule has 0 radical (unpaired) electrons. The van der Waals surface area contributed by atoms with Crippen molar-refractivity contribution in [1.29, 1.82) is 0 Å². The van der Waals surface area contributed by atoms with Crippen molar-refractivity contribution in [2.45, 2.75) is 11.7 Å². The van der Waals surface area contributed by atoms with Crippen molar-refractivity contribution in [1.82, 2.24) is 9.55 Å². The third-order valence-electron chi connectivity index (χ3n) is 4.24. The van der Waals surface area contributed by atoms with Crippen LogP contribution in [0.5, 0.6) is 0 Å². The van der Waals surface area contributed by atoms with Gasteiger partial charge in [0.05, 0.1) is 16.8 Å². The van der Waals surface area contributed by atoms with Crippen LogP contribution in [0.25, 0.3) is 20.7 Å². The highest BCUT2D eigenvalue weighted by atomic mass is 32.2. The summed E-state index contributed by atoms with van der Waals surface area (Å²) < 4.78 is 15.2. The molecule has 0 bridgehead atoms. The number of thiophene rings is 2. The largest absolute Gasteiger partial charge is 0.323 e. The monoisotopic (exact) mass is 457 g/mol. The first kappa shape index (κ1) is 20.5. The third kappa shape index (κ3) is 4.09. The number of benzene rings is 1. The smallest absolute Gasteiger partial charge is 0.263 e. The van der Waals surface area contributed by atoms with Crippen LogP contribution in [0.15, 0.2) is 69.8 Å². The van der Waals surface area contributed by atoms with Crippen LogP contribution in [0.4, 0.5) is 10.1 Å². The number of nitrogens with zero attached hydrogens (tertiary/aromatic N) is 2. The molecule has 0 aliphatic rings. The van der Waals surface area contributed by atoms with Crippen molar-refractivity contribution >= 4 is 56.2 Å². The van der Waals surface area contributed by atoms with E-state index in [1.807, 2.05) is 22.9 Å². The lowest BCUT2D eigenvalue weighted by Gasteiger charge is -2.11. The van der Waals surface area contributed by atoms with E-state index in [9.17, 15) is 14.0 Å². The maximum Gasteiger partial charge on any atom is 0.263 e. The van der Waals surface area contributed by atoms with Gasteiger partial charge in [0.2, 0.25) is 5.91 Å². The second kappa shape index (κ2) is 8.95. The number of aromatic nitrogens is 2. The Morgan fingerprint density at radius 2 is 2.10 bits per heavy atom. The number of hydrogen-bond donors (Lipinski definition) is 1. The number of para-hydroxylation sites is 1. The minimum atomic E-state index is -0.501. The van der Waals surface area contributed by atoms with Gasteiger partial charge in [0, 0.05) is 22.4 Å². The number of carbonyl (C=O) groups excluding carboxylic acids is 1. The van der Waals surface area contributed by atoms with Crippen molar-refractivity contribution in [3.8, 4) is 10.4 Å². The van der Waals surface area contributed by atoms with Gasteiger partial charge in [0.25, 0.3) is 5.56 Å². The molecule has 1 aromatic carbocycles. The second-order valence-electron chi connectivity index (χ2n) is 6.22. The number of rotatable bonds is 7. The molecule has 4 aromatic rings. The Morgan fingerprint density at radius 3 is 2.83 bits per heavy atom. The van der Waals surface area contributed by atoms with Crippen LogP contribution < -0.4 is 10.9 Å². The van der Waals surface area contributed by atoms with E-state index in [0.29, 0.717) is 15.4 Å². The van der Waals surface area contributed by atoms with Gasteiger partial charge in [-0.25, -0.2) is 9.37 Å². The molecule has 152 valence electrons. The number of thioether (sulfide) groups is 1. The minimum absolute atomic E-state index is 0.00736. The zero-order valence-electron chi connectivity index (χ0n) is 15.6. The van der Waals surface area contributed by atoms with Gasteiger partial charge in [-0.2, -0.15) is 0 Å². The lowest BCUT2D eigenvalue weighted by molar-refractivity contribution is -0.113. The molecule has 3 aromatic heterocycles. The number of amides is 1. The summed E-state index contributed by atoms with van der Waals surface area (Å²) >= 11 is 4.10. The molecule has 0 fully saturated rings. The van der Waals surface area contributed by atoms with Crippen LogP contribution in [0, 0.1) is 5.82 Å². The van der Waals surface area contributed by atoms with Gasteiger partial charge in [-0.05, 0) is 23.6 Å². The van der Waals surface area contributed by atoms with Gasteiger partial charge in [-0.15, -0.1) is 29.3 Å². The summed E-state index contributed by atoms with van der Waals surface area (Å²) in [5.41, 5.74) is 0.824. The third-order valence-corrected chi connectivity index (χ3v) is 6.99. The van der Waals surface area contributed by atoms with Crippen LogP contribution in [-0.2, 0) is 11.3 Å². The molecule has 0 atom stereocenters. The zero-order valence-corrected chi connectivity index (χ0v) is 18.1. The molecule has 5 nitrogen and oxygen atoms in total. The molecule has 9 heteroatoms. The molecule has 1 amide bonds. The molecule has 1 N–H and O–H groups in total. The van der Waals surface area contributed by atoms with Crippen LogP contribution in [0.1, 0.15) is 0 Å². The maximum atomic E-state index is 13.7. The van der Waals surface area contributed by atoms with Crippen LogP contribution in [0.2, 0.25) is 0 Å². The molecule has 4 rings (SSSR count). The average molecular weight is 458 g/mol.